The Bertz CT molecular complexity index is 273. The molecule has 0 amide bonds. The number of carboxylic acids is 1. The van der Waals surface area contributed by atoms with Gasteiger partial charge in [0.25, 0.3) is 0 Å². The molecule has 14 heavy (non-hydrogen) atoms. The van der Waals surface area contributed by atoms with Gasteiger partial charge in [-0.3, -0.25) is 4.79 Å². The lowest BCUT2D eigenvalue weighted by molar-refractivity contribution is -0.140. The Labute approximate surface area is 81.3 Å². The Balaban J connectivity index is 2.08. The summed E-state index contributed by atoms with van der Waals surface area (Å²) in [4.78, 5) is 14.3. The highest BCUT2D eigenvalue weighted by atomic mass is 16.5. The van der Waals surface area contributed by atoms with Crippen LogP contribution in [-0.2, 0) is 11.2 Å². The molecule has 2 N–H and O–H groups in total. The van der Waals surface area contributed by atoms with Gasteiger partial charge in [0, 0.05) is 19.5 Å². The molecule has 0 aliphatic rings. The summed E-state index contributed by atoms with van der Waals surface area (Å²) >= 11 is 0. The highest BCUT2D eigenvalue weighted by molar-refractivity contribution is 5.69. The van der Waals surface area contributed by atoms with Crippen molar-refractivity contribution >= 4 is 5.97 Å². The van der Waals surface area contributed by atoms with Gasteiger partial charge < -0.3 is 14.9 Å². The van der Waals surface area contributed by atoms with Crippen LogP contribution in [0.2, 0.25) is 0 Å². The van der Waals surface area contributed by atoms with Gasteiger partial charge in [0.1, 0.15) is 0 Å². The molecule has 1 atom stereocenters. The zero-order valence-corrected chi connectivity index (χ0v) is 7.93. The van der Waals surface area contributed by atoms with Gasteiger partial charge in [-0.05, 0) is 0 Å². The molecular weight excluding hydrogens is 186 g/mol. The number of carboxylic acid groups (broad SMARTS) is 1. The monoisotopic (exact) mass is 199 g/mol. The number of hydrogen-bond acceptors (Lipinski definition) is 5. The van der Waals surface area contributed by atoms with Crippen LogP contribution in [0.5, 0.6) is 0 Å². The Morgan fingerprint density at radius 3 is 3.14 bits per heavy atom. The van der Waals surface area contributed by atoms with E-state index in [1.807, 2.05) is 0 Å². The third-order valence-corrected chi connectivity index (χ3v) is 1.80. The van der Waals surface area contributed by atoms with Gasteiger partial charge in [-0.2, -0.15) is 4.98 Å². The number of rotatable bonds is 6. The van der Waals surface area contributed by atoms with E-state index in [1.54, 1.807) is 6.92 Å². The molecule has 0 saturated heterocycles. The minimum absolute atomic E-state index is 0.375. The van der Waals surface area contributed by atoms with Gasteiger partial charge in [-0.25, -0.2) is 0 Å². The summed E-state index contributed by atoms with van der Waals surface area (Å²) in [6.45, 7) is 2.76. The predicted molar refractivity (Wildman–Crippen MR) is 47.7 cm³/mol. The molecule has 0 spiro atoms. The van der Waals surface area contributed by atoms with Gasteiger partial charge in [-0.15, -0.1) is 0 Å². The summed E-state index contributed by atoms with van der Waals surface area (Å²) in [5.41, 5.74) is 0. The summed E-state index contributed by atoms with van der Waals surface area (Å²) in [6.07, 6.45) is 1.91. The molecule has 6 nitrogen and oxygen atoms in total. The average molecular weight is 199 g/mol. The number of hydrogen-bond donors (Lipinski definition) is 2. The highest BCUT2D eigenvalue weighted by Crippen LogP contribution is 1.92. The highest BCUT2D eigenvalue weighted by Gasteiger charge is 2.09. The Hall–Kier alpha value is -1.43. The van der Waals surface area contributed by atoms with E-state index in [0.717, 1.165) is 0 Å². The van der Waals surface area contributed by atoms with Crippen molar-refractivity contribution in [3.63, 3.8) is 0 Å². The number of aliphatic carboxylic acids is 1. The molecule has 0 radical (unpaired) electrons. The first kappa shape index (κ1) is 10.6. The van der Waals surface area contributed by atoms with Crippen molar-refractivity contribution in [3.8, 4) is 0 Å². The fourth-order valence-corrected chi connectivity index (χ4v) is 0.909. The van der Waals surface area contributed by atoms with Crippen LogP contribution in [-0.4, -0.2) is 34.3 Å². The van der Waals surface area contributed by atoms with Crippen LogP contribution in [0.25, 0.3) is 0 Å². The van der Waals surface area contributed by atoms with Crippen molar-refractivity contribution in [1.82, 2.24) is 15.5 Å². The number of aromatic nitrogens is 2. The number of carbonyl (C=O) groups is 1. The van der Waals surface area contributed by atoms with E-state index in [4.69, 9.17) is 5.11 Å². The Morgan fingerprint density at radius 2 is 2.57 bits per heavy atom. The summed E-state index contributed by atoms with van der Waals surface area (Å²) in [6, 6.07) is 0. The third kappa shape index (κ3) is 3.53. The summed E-state index contributed by atoms with van der Waals surface area (Å²) in [7, 11) is 0. The van der Waals surface area contributed by atoms with Crippen LogP contribution in [0.15, 0.2) is 10.9 Å². The van der Waals surface area contributed by atoms with Crippen LogP contribution in [0.1, 0.15) is 12.7 Å². The van der Waals surface area contributed by atoms with Crippen LogP contribution in [0.4, 0.5) is 0 Å². The van der Waals surface area contributed by atoms with Crippen LogP contribution >= 0.6 is 0 Å². The van der Waals surface area contributed by atoms with E-state index in [1.165, 1.54) is 6.39 Å². The lowest BCUT2D eigenvalue weighted by atomic mass is 10.2. The first-order valence-corrected chi connectivity index (χ1v) is 4.39. The lowest BCUT2D eigenvalue weighted by Gasteiger charge is -2.06. The van der Waals surface area contributed by atoms with Crippen LogP contribution in [0.3, 0.4) is 0 Å². The smallest absolute Gasteiger partial charge is 0.307 e. The van der Waals surface area contributed by atoms with Gasteiger partial charge in [0.15, 0.2) is 5.82 Å². The third-order valence-electron chi connectivity index (χ3n) is 1.80. The molecule has 0 bridgehead atoms. The topological polar surface area (TPSA) is 88.3 Å². The van der Waals surface area contributed by atoms with E-state index in [9.17, 15) is 4.79 Å². The molecule has 0 fully saturated rings. The van der Waals surface area contributed by atoms with Crippen molar-refractivity contribution in [2.45, 2.75) is 13.3 Å². The fraction of sp³-hybridized carbons (Fsp3) is 0.625. The first-order valence-electron chi connectivity index (χ1n) is 4.39. The summed E-state index contributed by atoms with van der Waals surface area (Å²) < 4.78 is 4.55. The Morgan fingerprint density at radius 1 is 1.79 bits per heavy atom. The normalized spacial score (nSPS) is 12.6. The molecular formula is C8H13N3O3. The molecule has 1 rings (SSSR count). The van der Waals surface area contributed by atoms with E-state index in [2.05, 4.69) is 20.0 Å². The molecule has 0 saturated carbocycles. The molecule has 1 heterocycles. The van der Waals surface area contributed by atoms with Crippen LogP contribution in [0, 0.1) is 5.92 Å². The second-order valence-corrected chi connectivity index (χ2v) is 3.04. The maximum absolute atomic E-state index is 10.4. The zero-order valence-electron chi connectivity index (χ0n) is 7.93. The van der Waals surface area contributed by atoms with Crippen LogP contribution < -0.4 is 5.32 Å². The quantitative estimate of drug-likeness (QED) is 0.623. The molecule has 0 aliphatic heterocycles. The van der Waals surface area contributed by atoms with Gasteiger partial charge in [0.05, 0.1) is 5.92 Å². The minimum atomic E-state index is -0.794. The van der Waals surface area contributed by atoms with E-state index < -0.39 is 5.97 Å². The molecule has 6 heteroatoms. The lowest BCUT2D eigenvalue weighted by Crippen LogP contribution is -2.28. The second kappa shape index (κ2) is 5.33. The molecule has 0 aliphatic carbocycles. The van der Waals surface area contributed by atoms with E-state index in [-0.39, 0.29) is 5.92 Å². The predicted octanol–water partition coefficient (Wildman–Crippen LogP) is -0.0776. The molecule has 78 valence electrons. The maximum Gasteiger partial charge on any atom is 0.307 e. The largest absolute Gasteiger partial charge is 0.481 e. The molecule has 1 unspecified atom stereocenters. The zero-order chi connectivity index (χ0) is 10.4. The molecule has 1 aromatic rings. The van der Waals surface area contributed by atoms with Crippen molar-refractivity contribution in [2.75, 3.05) is 13.1 Å². The molecule has 0 aromatic carbocycles. The summed E-state index contributed by atoms with van der Waals surface area (Å²) in [5, 5.41) is 15.2. The van der Waals surface area contributed by atoms with Crippen molar-refractivity contribution in [3.05, 3.63) is 12.2 Å². The average Bonchev–Trinajstić information content (AvgIpc) is 2.64. The van der Waals surface area contributed by atoms with Gasteiger partial charge >= 0.3 is 5.97 Å². The fourth-order valence-electron chi connectivity index (χ4n) is 0.909. The SMILES string of the molecule is CC(CNCCc1ncon1)C(=O)O. The second-order valence-electron chi connectivity index (χ2n) is 3.04. The van der Waals surface area contributed by atoms with Crippen molar-refractivity contribution in [1.29, 1.82) is 0 Å². The van der Waals surface area contributed by atoms with Crippen molar-refractivity contribution in [2.24, 2.45) is 5.92 Å². The maximum atomic E-state index is 10.4. The molecule has 1 aromatic heterocycles. The minimum Gasteiger partial charge on any atom is -0.481 e. The Kier molecular flexibility index (Phi) is 4.06. The summed E-state index contributed by atoms with van der Waals surface area (Å²) in [5.74, 6) is -0.544. The number of nitrogens with one attached hydrogen (secondary N) is 1. The van der Waals surface area contributed by atoms with Gasteiger partial charge in [0.2, 0.25) is 6.39 Å². The van der Waals surface area contributed by atoms with E-state index in [0.29, 0.717) is 25.3 Å². The standard InChI is InChI=1S/C8H13N3O3/c1-6(8(12)13)4-9-3-2-7-10-5-14-11-7/h5-6,9H,2-4H2,1H3,(H,12,13). The van der Waals surface area contributed by atoms with Gasteiger partial charge in [-0.1, -0.05) is 12.1 Å². The van der Waals surface area contributed by atoms with Crippen molar-refractivity contribution < 1.29 is 14.4 Å². The van der Waals surface area contributed by atoms with E-state index >= 15 is 0 Å². The number of nitrogens with zero attached hydrogens (tertiary/aromatic N) is 2. The first-order chi connectivity index (χ1) is 6.70.